The molecule has 6 nitrogen and oxygen atoms in total. The van der Waals surface area contributed by atoms with Gasteiger partial charge in [0, 0.05) is 43.4 Å². The van der Waals surface area contributed by atoms with E-state index in [1.54, 1.807) is 19.2 Å². The molecule has 1 aliphatic rings. The average Bonchev–Trinajstić information content (AvgIpc) is 3.45. The Kier molecular flexibility index (Phi) is 10.6. The van der Waals surface area contributed by atoms with Gasteiger partial charge < -0.3 is 24.1 Å². The summed E-state index contributed by atoms with van der Waals surface area (Å²) in [5, 5.41) is 3.13. The fraction of sp³-hybridized carbons (Fsp3) is 0.275. The minimum atomic E-state index is -0.367. The monoisotopic (exact) mass is 632 g/mol. The lowest BCUT2D eigenvalue weighted by atomic mass is 9.96. The Morgan fingerprint density at radius 2 is 1.53 bits per heavy atom. The first kappa shape index (κ1) is 32.4. The van der Waals surface area contributed by atoms with Gasteiger partial charge in [-0.05, 0) is 65.9 Å². The second kappa shape index (κ2) is 15.4. The van der Waals surface area contributed by atoms with Gasteiger partial charge in [0.2, 0.25) is 0 Å². The number of carbonyl (C=O) groups excluding carboxylic acids is 1. The summed E-state index contributed by atoms with van der Waals surface area (Å²) in [6, 6.07) is 36.1. The van der Waals surface area contributed by atoms with Crippen molar-refractivity contribution in [3.8, 4) is 22.4 Å². The lowest BCUT2D eigenvalue weighted by Crippen LogP contribution is -2.38. The van der Waals surface area contributed by atoms with Gasteiger partial charge in [-0.25, -0.2) is 4.39 Å². The van der Waals surface area contributed by atoms with Crippen LogP contribution in [0.5, 0.6) is 0 Å². The summed E-state index contributed by atoms with van der Waals surface area (Å²) in [7, 11) is 1.67. The predicted octanol–water partition coefficient (Wildman–Crippen LogP) is 8.90. The molecule has 0 spiro atoms. The standard InChI is InChI=1S/C40H41FN2O4/c1-3-35-38(40(44)42-32-17-11-6-12-18-32)37(29-15-9-5-10-16-29)39(30-19-21-31(41)22-20-30)43(35)24-23-33-25-34(26-36(45-2)47-33)46-27-28-13-7-4-8-14-28/h4-22,33-34,36H,3,23-27H2,1-2H3,(H,42,44). The summed E-state index contributed by atoms with van der Waals surface area (Å²) in [6.45, 7) is 3.18. The molecule has 3 unspecified atom stereocenters. The molecule has 1 saturated heterocycles. The van der Waals surface area contributed by atoms with Crippen molar-refractivity contribution >= 4 is 11.6 Å². The van der Waals surface area contributed by atoms with Crippen molar-refractivity contribution in [2.24, 2.45) is 0 Å². The molecule has 2 heterocycles. The van der Waals surface area contributed by atoms with Gasteiger partial charge in [0.1, 0.15) is 5.82 Å². The zero-order chi connectivity index (χ0) is 32.6. The minimum absolute atomic E-state index is 0.0159. The molecule has 6 rings (SSSR count). The van der Waals surface area contributed by atoms with E-state index < -0.39 is 0 Å². The highest BCUT2D eigenvalue weighted by Crippen LogP contribution is 2.41. The average molecular weight is 633 g/mol. The number of methoxy groups -OCH3 is 1. The van der Waals surface area contributed by atoms with Crippen molar-refractivity contribution in [1.82, 2.24) is 4.57 Å². The van der Waals surface area contributed by atoms with Crippen molar-refractivity contribution in [2.75, 3.05) is 12.4 Å². The van der Waals surface area contributed by atoms with E-state index in [1.807, 2.05) is 78.9 Å². The van der Waals surface area contributed by atoms with Crippen LogP contribution in [0.4, 0.5) is 10.1 Å². The fourth-order valence-electron chi connectivity index (χ4n) is 6.50. The third kappa shape index (κ3) is 7.71. The Labute approximate surface area is 276 Å². The number of anilines is 1. The molecule has 0 saturated carbocycles. The summed E-state index contributed by atoms with van der Waals surface area (Å²) in [6.07, 6.45) is 2.18. The number of rotatable bonds is 12. The highest BCUT2D eigenvalue weighted by molar-refractivity contribution is 6.12. The van der Waals surface area contributed by atoms with Crippen LogP contribution >= 0.6 is 0 Å². The van der Waals surface area contributed by atoms with Crippen LogP contribution in [-0.4, -0.2) is 36.1 Å². The van der Waals surface area contributed by atoms with E-state index in [9.17, 15) is 9.18 Å². The van der Waals surface area contributed by atoms with Crippen LogP contribution in [0.3, 0.4) is 0 Å². The molecule has 0 aliphatic carbocycles. The van der Waals surface area contributed by atoms with Crippen molar-refractivity contribution in [2.45, 2.75) is 64.3 Å². The van der Waals surface area contributed by atoms with E-state index >= 15 is 0 Å². The summed E-state index contributed by atoms with van der Waals surface area (Å²) < 4.78 is 34.8. The van der Waals surface area contributed by atoms with E-state index in [2.05, 4.69) is 28.9 Å². The number of amides is 1. The van der Waals surface area contributed by atoms with Gasteiger partial charge in [-0.3, -0.25) is 4.79 Å². The molecule has 47 heavy (non-hydrogen) atoms. The molecule has 1 aromatic heterocycles. The third-order valence-electron chi connectivity index (χ3n) is 8.74. The van der Waals surface area contributed by atoms with E-state index in [0.717, 1.165) is 45.7 Å². The fourth-order valence-corrected chi connectivity index (χ4v) is 6.50. The number of ether oxygens (including phenoxy) is 3. The maximum absolute atomic E-state index is 14.2. The molecule has 242 valence electrons. The second-order valence-electron chi connectivity index (χ2n) is 11.8. The normalized spacial score (nSPS) is 17.8. The number of para-hydroxylation sites is 1. The van der Waals surface area contributed by atoms with E-state index in [-0.39, 0.29) is 30.2 Å². The Morgan fingerprint density at radius 3 is 2.19 bits per heavy atom. The van der Waals surface area contributed by atoms with Crippen LogP contribution in [0.2, 0.25) is 0 Å². The second-order valence-corrected chi connectivity index (χ2v) is 11.8. The Balaban J connectivity index is 1.37. The van der Waals surface area contributed by atoms with Crippen LogP contribution in [-0.2, 0) is 33.8 Å². The summed E-state index contributed by atoms with van der Waals surface area (Å²) in [5.74, 6) is -0.495. The zero-order valence-corrected chi connectivity index (χ0v) is 26.9. The van der Waals surface area contributed by atoms with Crippen LogP contribution in [0.15, 0.2) is 115 Å². The Morgan fingerprint density at radius 1 is 0.872 bits per heavy atom. The summed E-state index contributed by atoms with van der Waals surface area (Å²) in [4.78, 5) is 14.2. The number of benzene rings is 4. The third-order valence-corrected chi connectivity index (χ3v) is 8.74. The molecule has 5 aromatic rings. The number of carbonyl (C=O) groups is 1. The molecular formula is C40H41FN2O4. The molecular weight excluding hydrogens is 591 g/mol. The molecule has 1 fully saturated rings. The van der Waals surface area contributed by atoms with E-state index in [4.69, 9.17) is 14.2 Å². The maximum atomic E-state index is 14.2. The highest BCUT2D eigenvalue weighted by atomic mass is 19.1. The molecule has 1 N–H and O–H groups in total. The smallest absolute Gasteiger partial charge is 0.258 e. The quantitative estimate of drug-likeness (QED) is 0.149. The van der Waals surface area contributed by atoms with Crippen LogP contribution in [0.1, 0.15) is 47.8 Å². The Hall–Kier alpha value is -4.56. The lowest BCUT2D eigenvalue weighted by molar-refractivity contribution is -0.214. The molecule has 1 amide bonds. The van der Waals surface area contributed by atoms with Gasteiger partial charge in [-0.15, -0.1) is 0 Å². The maximum Gasteiger partial charge on any atom is 0.258 e. The predicted molar refractivity (Wildman–Crippen MR) is 184 cm³/mol. The molecule has 0 bridgehead atoms. The summed E-state index contributed by atoms with van der Waals surface area (Å²) >= 11 is 0. The van der Waals surface area contributed by atoms with Gasteiger partial charge in [-0.2, -0.15) is 0 Å². The number of nitrogens with zero attached hydrogens (tertiary/aromatic N) is 1. The number of halogens is 1. The number of nitrogens with one attached hydrogen (secondary N) is 1. The molecule has 4 aromatic carbocycles. The highest BCUT2D eigenvalue weighted by Gasteiger charge is 2.32. The van der Waals surface area contributed by atoms with E-state index in [0.29, 0.717) is 38.0 Å². The van der Waals surface area contributed by atoms with E-state index in [1.165, 1.54) is 12.1 Å². The zero-order valence-electron chi connectivity index (χ0n) is 26.9. The van der Waals surface area contributed by atoms with Crippen LogP contribution in [0, 0.1) is 5.82 Å². The first-order valence-electron chi connectivity index (χ1n) is 16.3. The van der Waals surface area contributed by atoms with Crippen molar-refractivity contribution < 1.29 is 23.4 Å². The lowest BCUT2D eigenvalue weighted by Gasteiger charge is -2.35. The summed E-state index contributed by atoms with van der Waals surface area (Å²) in [5.41, 5.74) is 6.83. The van der Waals surface area contributed by atoms with Gasteiger partial charge >= 0.3 is 0 Å². The van der Waals surface area contributed by atoms with Gasteiger partial charge in [0.15, 0.2) is 6.29 Å². The van der Waals surface area contributed by atoms with Crippen LogP contribution < -0.4 is 5.32 Å². The molecule has 1 aliphatic heterocycles. The van der Waals surface area contributed by atoms with Crippen molar-refractivity contribution in [3.63, 3.8) is 0 Å². The number of aromatic nitrogens is 1. The number of hydrogen-bond donors (Lipinski definition) is 1. The SMILES string of the molecule is CCc1c(C(=O)Nc2ccccc2)c(-c2ccccc2)c(-c2ccc(F)cc2)n1CCC1CC(OCc2ccccc2)CC(OC)O1. The van der Waals surface area contributed by atoms with Crippen LogP contribution in [0.25, 0.3) is 22.4 Å². The molecule has 3 atom stereocenters. The van der Waals surface area contributed by atoms with Gasteiger partial charge in [0.25, 0.3) is 5.91 Å². The first-order valence-corrected chi connectivity index (χ1v) is 16.3. The number of hydrogen-bond acceptors (Lipinski definition) is 4. The largest absolute Gasteiger partial charge is 0.373 e. The minimum Gasteiger partial charge on any atom is -0.373 e. The van der Waals surface area contributed by atoms with Gasteiger partial charge in [-0.1, -0.05) is 85.8 Å². The molecule has 0 radical (unpaired) electrons. The molecule has 7 heteroatoms. The van der Waals surface area contributed by atoms with Gasteiger partial charge in [0.05, 0.1) is 30.1 Å². The Bertz CT molecular complexity index is 1740. The first-order chi connectivity index (χ1) is 23.0. The van der Waals surface area contributed by atoms with Crippen molar-refractivity contribution in [3.05, 3.63) is 138 Å². The van der Waals surface area contributed by atoms with Crippen molar-refractivity contribution in [1.29, 1.82) is 0 Å². The topological polar surface area (TPSA) is 61.7 Å².